The van der Waals surface area contributed by atoms with Crippen LogP contribution in [-0.4, -0.2) is 32.5 Å². The molecule has 0 aliphatic carbocycles. The van der Waals surface area contributed by atoms with Crippen LogP contribution in [0.4, 0.5) is 0 Å². The van der Waals surface area contributed by atoms with Crippen LogP contribution < -0.4 is 14.8 Å². The number of rotatable bonds is 9. The standard InChI is InChI=1S/C14H22ClNO3/c1-18-13-9-12(15)8-11(14(13)19-2)10-16-6-4-3-5-7-17/h8-9,16-17H,3-7,10H2,1-2H3. The van der Waals surface area contributed by atoms with Gasteiger partial charge in [-0.2, -0.15) is 0 Å². The quantitative estimate of drug-likeness (QED) is 0.686. The number of aliphatic hydroxyl groups excluding tert-OH is 1. The molecular formula is C14H22ClNO3. The molecule has 0 unspecified atom stereocenters. The number of methoxy groups -OCH3 is 2. The molecule has 108 valence electrons. The first-order valence-electron chi connectivity index (χ1n) is 6.45. The highest BCUT2D eigenvalue weighted by Gasteiger charge is 2.11. The Bertz CT molecular complexity index is 385. The van der Waals surface area contributed by atoms with Gasteiger partial charge in [-0.3, -0.25) is 0 Å². The summed E-state index contributed by atoms with van der Waals surface area (Å²) in [5.41, 5.74) is 0.981. The Kier molecular flexibility index (Phi) is 7.63. The molecule has 4 nitrogen and oxygen atoms in total. The molecule has 0 heterocycles. The lowest BCUT2D eigenvalue weighted by molar-refractivity contribution is 0.283. The van der Waals surface area contributed by atoms with Crippen molar-refractivity contribution in [1.82, 2.24) is 5.32 Å². The molecule has 0 atom stereocenters. The van der Waals surface area contributed by atoms with Gasteiger partial charge in [0.1, 0.15) is 0 Å². The summed E-state index contributed by atoms with van der Waals surface area (Å²) in [7, 11) is 3.22. The second kappa shape index (κ2) is 9.02. The van der Waals surface area contributed by atoms with Gasteiger partial charge in [-0.1, -0.05) is 11.6 Å². The van der Waals surface area contributed by atoms with Crippen molar-refractivity contribution >= 4 is 11.6 Å². The summed E-state index contributed by atoms with van der Waals surface area (Å²) in [5.74, 6) is 1.36. The van der Waals surface area contributed by atoms with E-state index in [1.54, 1.807) is 20.3 Å². The molecule has 0 aliphatic rings. The van der Waals surface area contributed by atoms with Crippen molar-refractivity contribution in [1.29, 1.82) is 0 Å². The molecule has 1 rings (SSSR count). The first kappa shape index (κ1) is 16.1. The van der Waals surface area contributed by atoms with E-state index in [1.165, 1.54) is 0 Å². The first-order valence-corrected chi connectivity index (χ1v) is 6.82. The van der Waals surface area contributed by atoms with Gasteiger partial charge < -0.3 is 19.9 Å². The molecule has 1 aromatic carbocycles. The van der Waals surface area contributed by atoms with Gasteiger partial charge in [0.15, 0.2) is 11.5 Å². The van der Waals surface area contributed by atoms with E-state index in [-0.39, 0.29) is 6.61 Å². The molecule has 0 spiro atoms. The van der Waals surface area contributed by atoms with Gasteiger partial charge in [0.25, 0.3) is 0 Å². The van der Waals surface area contributed by atoms with Gasteiger partial charge in [-0.15, -0.1) is 0 Å². The van der Waals surface area contributed by atoms with E-state index in [2.05, 4.69) is 5.32 Å². The van der Waals surface area contributed by atoms with Crippen molar-refractivity contribution in [3.63, 3.8) is 0 Å². The van der Waals surface area contributed by atoms with Crippen LogP contribution >= 0.6 is 11.6 Å². The van der Waals surface area contributed by atoms with E-state index in [4.69, 9.17) is 26.2 Å². The van der Waals surface area contributed by atoms with Crippen molar-refractivity contribution in [2.75, 3.05) is 27.4 Å². The number of hydrogen-bond acceptors (Lipinski definition) is 4. The van der Waals surface area contributed by atoms with Crippen LogP contribution in [0.15, 0.2) is 12.1 Å². The Morgan fingerprint density at radius 3 is 2.58 bits per heavy atom. The average Bonchev–Trinajstić information content (AvgIpc) is 2.42. The van der Waals surface area contributed by atoms with E-state index in [1.807, 2.05) is 6.07 Å². The molecular weight excluding hydrogens is 266 g/mol. The summed E-state index contributed by atoms with van der Waals surface area (Å²) in [5, 5.41) is 12.7. The smallest absolute Gasteiger partial charge is 0.165 e. The monoisotopic (exact) mass is 287 g/mol. The molecule has 2 N–H and O–H groups in total. The largest absolute Gasteiger partial charge is 0.493 e. The lowest BCUT2D eigenvalue weighted by atomic mass is 10.1. The summed E-state index contributed by atoms with van der Waals surface area (Å²) in [6, 6.07) is 3.62. The molecule has 0 bridgehead atoms. The number of benzene rings is 1. The van der Waals surface area contributed by atoms with Gasteiger partial charge in [0, 0.05) is 29.8 Å². The van der Waals surface area contributed by atoms with E-state index < -0.39 is 0 Å². The molecule has 1 aromatic rings. The zero-order valence-electron chi connectivity index (χ0n) is 11.5. The SMILES string of the molecule is COc1cc(Cl)cc(CNCCCCCO)c1OC. The number of unbranched alkanes of at least 4 members (excludes halogenated alkanes) is 2. The number of aliphatic hydroxyl groups is 1. The Balaban J connectivity index is 2.54. The van der Waals surface area contributed by atoms with Crippen molar-refractivity contribution in [2.45, 2.75) is 25.8 Å². The highest BCUT2D eigenvalue weighted by molar-refractivity contribution is 6.30. The first-order chi connectivity index (χ1) is 9.22. The Labute approximate surface area is 119 Å². The van der Waals surface area contributed by atoms with E-state index >= 15 is 0 Å². The third-order valence-corrected chi connectivity index (χ3v) is 3.07. The van der Waals surface area contributed by atoms with Gasteiger partial charge in [-0.25, -0.2) is 0 Å². The van der Waals surface area contributed by atoms with Crippen LogP contribution in [0.2, 0.25) is 5.02 Å². The fourth-order valence-corrected chi connectivity index (χ4v) is 2.13. The molecule has 0 fully saturated rings. The topological polar surface area (TPSA) is 50.7 Å². The van der Waals surface area contributed by atoms with Crippen LogP contribution in [0.1, 0.15) is 24.8 Å². The second-order valence-electron chi connectivity index (χ2n) is 4.26. The summed E-state index contributed by atoms with van der Waals surface area (Å²) in [4.78, 5) is 0. The normalized spacial score (nSPS) is 10.5. The Morgan fingerprint density at radius 1 is 1.16 bits per heavy atom. The van der Waals surface area contributed by atoms with E-state index in [0.29, 0.717) is 17.3 Å². The van der Waals surface area contributed by atoms with Crippen LogP contribution in [0.25, 0.3) is 0 Å². The highest BCUT2D eigenvalue weighted by Crippen LogP contribution is 2.34. The van der Waals surface area contributed by atoms with Crippen molar-refractivity contribution in [3.05, 3.63) is 22.7 Å². The maximum absolute atomic E-state index is 8.69. The zero-order chi connectivity index (χ0) is 14.1. The number of nitrogens with one attached hydrogen (secondary N) is 1. The summed E-state index contributed by atoms with van der Waals surface area (Å²) in [6.07, 6.45) is 2.93. The molecule has 0 saturated carbocycles. The summed E-state index contributed by atoms with van der Waals surface area (Å²) >= 11 is 6.05. The maximum Gasteiger partial charge on any atom is 0.165 e. The van der Waals surface area contributed by atoms with Crippen LogP contribution in [0, 0.1) is 0 Å². The lowest BCUT2D eigenvalue weighted by Gasteiger charge is -2.14. The van der Waals surface area contributed by atoms with Gasteiger partial charge in [0.05, 0.1) is 14.2 Å². The van der Waals surface area contributed by atoms with Gasteiger partial charge >= 0.3 is 0 Å². The van der Waals surface area contributed by atoms with E-state index in [0.717, 1.165) is 37.1 Å². The van der Waals surface area contributed by atoms with Crippen molar-refractivity contribution in [2.24, 2.45) is 0 Å². The molecule has 19 heavy (non-hydrogen) atoms. The van der Waals surface area contributed by atoms with Crippen molar-refractivity contribution < 1.29 is 14.6 Å². The minimum absolute atomic E-state index is 0.263. The summed E-state index contributed by atoms with van der Waals surface area (Å²) < 4.78 is 10.6. The minimum Gasteiger partial charge on any atom is -0.493 e. The van der Waals surface area contributed by atoms with Crippen molar-refractivity contribution in [3.8, 4) is 11.5 Å². The summed E-state index contributed by atoms with van der Waals surface area (Å²) in [6.45, 7) is 1.84. The molecule has 0 aliphatic heterocycles. The molecule has 0 radical (unpaired) electrons. The fourth-order valence-electron chi connectivity index (χ4n) is 1.90. The zero-order valence-corrected chi connectivity index (χ0v) is 12.3. The highest BCUT2D eigenvalue weighted by atomic mass is 35.5. The molecule has 5 heteroatoms. The van der Waals surface area contributed by atoms with Crippen LogP contribution in [-0.2, 0) is 6.54 Å². The second-order valence-corrected chi connectivity index (χ2v) is 4.70. The number of halogens is 1. The lowest BCUT2D eigenvalue weighted by Crippen LogP contribution is -2.15. The maximum atomic E-state index is 8.69. The molecule has 0 saturated heterocycles. The Morgan fingerprint density at radius 2 is 1.95 bits per heavy atom. The predicted octanol–water partition coefficient (Wildman–Crippen LogP) is 2.61. The predicted molar refractivity (Wildman–Crippen MR) is 77.2 cm³/mol. The third kappa shape index (κ3) is 5.27. The van der Waals surface area contributed by atoms with Crippen LogP contribution in [0.5, 0.6) is 11.5 Å². The average molecular weight is 288 g/mol. The number of ether oxygens (including phenoxy) is 2. The number of hydrogen-bond donors (Lipinski definition) is 2. The van der Waals surface area contributed by atoms with Gasteiger partial charge in [-0.05, 0) is 31.9 Å². The van der Waals surface area contributed by atoms with E-state index in [9.17, 15) is 0 Å². The minimum atomic E-state index is 0.263. The van der Waals surface area contributed by atoms with Gasteiger partial charge in [0.2, 0.25) is 0 Å². The fraction of sp³-hybridized carbons (Fsp3) is 0.571. The third-order valence-electron chi connectivity index (χ3n) is 2.85. The molecule has 0 aromatic heterocycles. The Hall–Kier alpha value is -0.970. The molecule has 0 amide bonds. The van der Waals surface area contributed by atoms with Crippen LogP contribution in [0.3, 0.4) is 0 Å².